The Kier molecular flexibility index (Phi) is 3.82. The first kappa shape index (κ1) is 13.2. The largest absolute Gasteiger partial charge is 0.486 e. The first-order chi connectivity index (χ1) is 8.49. The lowest BCUT2D eigenvalue weighted by atomic mass is 10.2. The van der Waals surface area contributed by atoms with Gasteiger partial charge >= 0.3 is 0 Å². The summed E-state index contributed by atoms with van der Waals surface area (Å²) in [6.07, 6.45) is -0.313. The number of benzene rings is 1. The maximum Gasteiger partial charge on any atom is 0.217 e. The van der Waals surface area contributed by atoms with Crippen molar-refractivity contribution < 1.29 is 4.74 Å². The number of aryl methyl sites for hydroxylation is 1. The van der Waals surface area contributed by atoms with Gasteiger partial charge in [-0.2, -0.15) is 5.11 Å². The maximum absolute atomic E-state index is 5.91. The highest BCUT2D eigenvalue weighted by Gasteiger charge is 2.29. The zero-order chi connectivity index (χ0) is 13.3. The van der Waals surface area contributed by atoms with E-state index in [-0.39, 0.29) is 12.3 Å². The van der Waals surface area contributed by atoms with Gasteiger partial charge in [-0.15, -0.1) is 5.11 Å². The van der Waals surface area contributed by atoms with Crippen molar-refractivity contribution in [2.45, 2.75) is 26.1 Å². The van der Waals surface area contributed by atoms with Crippen molar-refractivity contribution in [1.82, 2.24) is 4.90 Å². The fourth-order valence-electron chi connectivity index (χ4n) is 1.78. The number of hydrogen-bond donors (Lipinski definition) is 0. The normalized spacial score (nSPS) is 20.3. The zero-order valence-electron chi connectivity index (χ0n) is 10.4. The van der Waals surface area contributed by atoms with E-state index < -0.39 is 0 Å². The highest BCUT2D eigenvalue weighted by Crippen LogP contribution is 2.25. The average molecular weight is 284 g/mol. The number of likely N-dealkylation sites (N-methyl/N-ethyl adjacent to an activating group) is 1. The van der Waals surface area contributed by atoms with Crippen LogP contribution in [0.2, 0.25) is 5.02 Å². The summed E-state index contributed by atoms with van der Waals surface area (Å²) < 4.78 is 5.89. The van der Waals surface area contributed by atoms with E-state index in [4.69, 9.17) is 28.6 Å². The van der Waals surface area contributed by atoms with Gasteiger partial charge in [-0.05, 0) is 49.8 Å². The molecule has 0 saturated heterocycles. The summed E-state index contributed by atoms with van der Waals surface area (Å²) in [6.45, 7) is 3.90. The van der Waals surface area contributed by atoms with Gasteiger partial charge in [0.2, 0.25) is 5.11 Å². The Balaban J connectivity index is 2.10. The van der Waals surface area contributed by atoms with Crippen LogP contribution >= 0.6 is 23.8 Å². The van der Waals surface area contributed by atoms with Crippen LogP contribution in [0.1, 0.15) is 12.5 Å². The number of halogens is 1. The lowest BCUT2D eigenvalue weighted by Gasteiger charge is -2.25. The van der Waals surface area contributed by atoms with Gasteiger partial charge in [-0.1, -0.05) is 11.6 Å². The number of rotatable bonds is 3. The van der Waals surface area contributed by atoms with Gasteiger partial charge in [0.15, 0.2) is 6.17 Å². The van der Waals surface area contributed by atoms with Crippen LogP contribution in [0.5, 0.6) is 5.75 Å². The third-order valence-corrected chi connectivity index (χ3v) is 3.43. The fraction of sp³-hybridized carbons (Fsp3) is 0.417. The molecule has 0 aromatic heterocycles. The van der Waals surface area contributed by atoms with Crippen LogP contribution in [0.3, 0.4) is 0 Å². The molecule has 0 amide bonds. The van der Waals surface area contributed by atoms with Crippen LogP contribution in [0, 0.1) is 6.92 Å². The monoisotopic (exact) mass is 283 g/mol. The molecule has 2 atom stereocenters. The van der Waals surface area contributed by atoms with Gasteiger partial charge in [-0.25, -0.2) is 0 Å². The van der Waals surface area contributed by atoms with Crippen molar-refractivity contribution >= 4 is 28.9 Å². The van der Waals surface area contributed by atoms with Gasteiger partial charge in [-0.3, -0.25) is 0 Å². The Morgan fingerprint density at radius 3 is 2.78 bits per heavy atom. The lowest BCUT2D eigenvalue weighted by Crippen LogP contribution is -2.39. The van der Waals surface area contributed by atoms with E-state index >= 15 is 0 Å². The minimum atomic E-state index is -0.174. The third kappa shape index (κ3) is 2.62. The summed E-state index contributed by atoms with van der Waals surface area (Å²) in [7, 11) is 1.86. The molecule has 0 spiro atoms. The molecular weight excluding hydrogens is 270 g/mol. The number of ether oxygens (including phenoxy) is 1. The molecule has 0 N–H and O–H groups in total. The summed E-state index contributed by atoms with van der Waals surface area (Å²) in [5.74, 6) is 0.799. The smallest absolute Gasteiger partial charge is 0.217 e. The van der Waals surface area contributed by atoms with Gasteiger partial charge < -0.3 is 9.64 Å². The number of thiocarbonyl (C=S) groups is 1. The van der Waals surface area contributed by atoms with Crippen LogP contribution in [-0.2, 0) is 0 Å². The number of azo groups is 1. The quantitative estimate of drug-likeness (QED) is 0.798. The summed E-state index contributed by atoms with van der Waals surface area (Å²) >= 11 is 10.9. The number of hydrogen-bond acceptors (Lipinski definition) is 3. The molecule has 0 bridgehead atoms. The molecule has 18 heavy (non-hydrogen) atoms. The van der Waals surface area contributed by atoms with Gasteiger partial charge in [0.25, 0.3) is 0 Å². The van der Waals surface area contributed by atoms with E-state index in [1.54, 1.807) is 6.07 Å². The van der Waals surface area contributed by atoms with Crippen LogP contribution in [0.25, 0.3) is 0 Å². The number of nitrogens with zero attached hydrogens (tertiary/aromatic N) is 3. The molecule has 96 valence electrons. The van der Waals surface area contributed by atoms with E-state index in [1.807, 2.05) is 37.9 Å². The van der Waals surface area contributed by atoms with Crippen molar-refractivity contribution in [2.75, 3.05) is 7.05 Å². The molecule has 1 aliphatic heterocycles. The molecule has 2 rings (SSSR count). The topological polar surface area (TPSA) is 37.2 Å². The van der Waals surface area contributed by atoms with E-state index in [9.17, 15) is 0 Å². The van der Waals surface area contributed by atoms with E-state index in [0.29, 0.717) is 10.1 Å². The predicted molar refractivity (Wildman–Crippen MR) is 75.3 cm³/mol. The third-order valence-electron chi connectivity index (χ3n) is 2.83. The standard InChI is InChI=1S/C12H14ClN3OS/c1-7-6-9(13)4-5-10(7)17-8(2)11-14-15-12(18)16(11)3/h4-6,8,11H,1-3H3. The molecule has 2 unspecified atom stereocenters. The lowest BCUT2D eigenvalue weighted by molar-refractivity contribution is 0.141. The molecule has 0 fully saturated rings. The molecule has 1 aromatic rings. The van der Waals surface area contributed by atoms with Crippen molar-refractivity contribution in [3.63, 3.8) is 0 Å². The highest BCUT2D eigenvalue weighted by molar-refractivity contribution is 7.80. The Morgan fingerprint density at radius 2 is 2.22 bits per heavy atom. The second-order valence-electron chi connectivity index (χ2n) is 4.26. The molecule has 1 aliphatic rings. The van der Waals surface area contributed by atoms with Crippen molar-refractivity contribution in [2.24, 2.45) is 10.2 Å². The van der Waals surface area contributed by atoms with Crippen LogP contribution in [0.4, 0.5) is 0 Å². The Morgan fingerprint density at radius 1 is 1.50 bits per heavy atom. The molecule has 1 aromatic carbocycles. The molecular formula is C12H14ClN3OS. The van der Waals surface area contributed by atoms with Crippen molar-refractivity contribution in [1.29, 1.82) is 0 Å². The first-order valence-electron chi connectivity index (χ1n) is 5.59. The van der Waals surface area contributed by atoms with Crippen LogP contribution in [0.15, 0.2) is 28.4 Å². The predicted octanol–water partition coefficient (Wildman–Crippen LogP) is 3.42. The Hall–Kier alpha value is -1.20. The van der Waals surface area contributed by atoms with Gasteiger partial charge in [0.05, 0.1) is 0 Å². The summed E-state index contributed by atoms with van der Waals surface area (Å²) in [4.78, 5) is 1.82. The first-order valence-corrected chi connectivity index (χ1v) is 6.38. The molecule has 4 nitrogen and oxygen atoms in total. The molecule has 0 radical (unpaired) electrons. The second kappa shape index (κ2) is 5.20. The van der Waals surface area contributed by atoms with Gasteiger partial charge in [0.1, 0.15) is 11.9 Å². The van der Waals surface area contributed by atoms with Crippen LogP contribution in [-0.4, -0.2) is 29.3 Å². The minimum Gasteiger partial charge on any atom is -0.486 e. The highest BCUT2D eigenvalue weighted by atomic mass is 35.5. The van der Waals surface area contributed by atoms with E-state index in [0.717, 1.165) is 11.3 Å². The summed E-state index contributed by atoms with van der Waals surface area (Å²) in [6, 6.07) is 5.54. The fourth-order valence-corrected chi connectivity index (χ4v) is 2.17. The van der Waals surface area contributed by atoms with Crippen LogP contribution < -0.4 is 4.74 Å². The van der Waals surface area contributed by atoms with E-state index in [1.165, 1.54) is 0 Å². The molecule has 0 saturated carbocycles. The SMILES string of the molecule is Cc1cc(Cl)ccc1OC(C)C1N=NC(=S)N1C. The Labute approximate surface area is 117 Å². The molecule has 6 heteroatoms. The van der Waals surface area contributed by atoms with Crippen molar-refractivity contribution in [3.8, 4) is 5.75 Å². The summed E-state index contributed by atoms with van der Waals surface area (Å²) in [5, 5.41) is 9.17. The second-order valence-corrected chi connectivity index (χ2v) is 5.06. The van der Waals surface area contributed by atoms with E-state index in [2.05, 4.69) is 10.2 Å². The Bertz CT molecular complexity index is 506. The van der Waals surface area contributed by atoms with Gasteiger partial charge in [0, 0.05) is 12.1 Å². The minimum absolute atomic E-state index is 0.140. The molecule has 1 heterocycles. The summed E-state index contributed by atoms with van der Waals surface area (Å²) in [5.41, 5.74) is 0.995. The zero-order valence-corrected chi connectivity index (χ0v) is 12.0. The maximum atomic E-state index is 5.91. The molecule has 0 aliphatic carbocycles. The van der Waals surface area contributed by atoms with Crippen molar-refractivity contribution in [3.05, 3.63) is 28.8 Å². The average Bonchev–Trinajstić information content (AvgIpc) is 2.64.